The second-order valence-electron chi connectivity index (χ2n) is 5.75. The van der Waals surface area contributed by atoms with E-state index in [9.17, 15) is 0 Å². The average Bonchev–Trinajstić information content (AvgIpc) is 3.22. The third kappa shape index (κ3) is 3.45. The molecule has 0 amide bonds. The lowest BCUT2D eigenvalue weighted by Crippen LogP contribution is -2.08. The summed E-state index contributed by atoms with van der Waals surface area (Å²) in [4.78, 5) is 12.0. The monoisotopic (exact) mass is 334 g/mol. The molecule has 1 aromatic carbocycles. The number of nitrogens with zero attached hydrogens (tertiary/aromatic N) is 3. The molecule has 0 saturated carbocycles. The first kappa shape index (κ1) is 15.2. The summed E-state index contributed by atoms with van der Waals surface area (Å²) in [6.45, 7) is 2.59. The van der Waals surface area contributed by atoms with Gasteiger partial charge in [-0.2, -0.15) is 4.98 Å². The van der Waals surface area contributed by atoms with Crippen molar-refractivity contribution in [2.45, 2.75) is 13.3 Å². The minimum absolute atomic E-state index is 0.574. The Balaban J connectivity index is 1.39. The molecular weight excluding hydrogens is 316 g/mol. The first-order chi connectivity index (χ1) is 12.3. The molecule has 3 N–H and O–H groups in total. The summed E-state index contributed by atoms with van der Waals surface area (Å²) in [7, 11) is 0. The number of aryl methyl sites for hydroxylation is 1. The minimum Gasteiger partial charge on any atom is -0.361 e. The van der Waals surface area contributed by atoms with Crippen LogP contribution in [0, 0.1) is 6.92 Å². The maximum Gasteiger partial charge on any atom is 0.224 e. The van der Waals surface area contributed by atoms with E-state index in [1.807, 2.05) is 19.1 Å². The molecule has 0 unspecified atom stereocenters. The van der Waals surface area contributed by atoms with E-state index < -0.39 is 0 Å². The molecule has 7 heteroatoms. The highest BCUT2D eigenvalue weighted by Crippen LogP contribution is 2.18. The highest BCUT2D eigenvalue weighted by atomic mass is 16.5. The molecule has 0 atom stereocenters. The fourth-order valence-corrected chi connectivity index (χ4v) is 2.72. The topological polar surface area (TPSA) is 91.7 Å². The predicted octanol–water partition coefficient (Wildman–Crippen LogP) is 3.65. The number of H-pyrrole nitrogens is 1. The van der Waals surface area contributed by atoms with Crippen LogP contribution < -0.4 is 10.6 Å². The van der Waals surface area contributed by atoms with Gasteiger partial charge in [0.2, 0.25) is 5.95 Å². The summed E-state index contributed by atoms with van der Waals surface area (Å²) in [6.07, 6.45) is 4.64. The quantitative estimate of drug-likeness (QED) is 0.498. The van der Waals surface area contributed by atoms with Gasteiger partial charge in [-0.3, -0.25) is 0 Å². The van der Waals surface area contributed by atoms with Gasteiger partial charge in [-0.05, 0) is 31.0 Å². The van der Waals surface area contributed by atoms with Crippen molar-refractivity contribution in [3.63, 3.8) is 0 Å². The summed E-state index contributed by atoms with van der Waals surface area (Å²) in [5.41, 5.74) is 2.43. The Labute approximate surface area is 144 Å². The number of anilines is 3. The van der Waals surface area contributed by atoms with Crippen molar-refractivity contribution in [1.82, 2.24) is 20.1 Å². The molecule has 0 aliphatic heterocycles. The Morgan fingerprint density at radius 3 is 2.96 bits per heavy atom. The molecule has 126 valence electrons. The van der Waals surface area contributed by atoms with E-state index in [2.05, 4.69) is 55.1 Å². The molecule has 0 radical (unpaired) electrons. The summed E-state index contributed by atoms with van der Waals surface area (Å²) >= 11 is 0. The highest BCUT2D eigenvalue weighted by Gasteiger charge is 2.05. The van der Waals surface area contributed by atoms with Crippen molar-refractivity contribution >= 4 is 28.5 Å². The van der Waals surface area contributed by atoms with Crippen molar-refractivity contribution in [2.24, 2.45) is 0 Å². The van der Waals surface area contributed by atoms with Crippen LogP contribution in [0.5, 0.6) is 0 Å². The second kappa shape index (κ2) is 6.64. The lowest BCUT2D eigenvalue weighted by molar-refractivity contribution is 0.400. The van der Waals surface area contributed by atoms with E-state index in [0.717, 1.165) is 24.2 Å². The fourth-order valence-electron chi connectivity index (χ4n) is 2.72. The summed E-state index contributed by atoms with van der Waals surface area (Å²) in [6, 6.07) is 11.9. The summed E-state index contributed by atoms with van der Waals surface area (Å²) in [5.74, 6) is 2.61. The van der Waals surface area contributed by atoms with E-state index in [0.29, 0.717) is 17.6 Å². The van der Waals surface area contributed by atoms with Crippen molar-refractivity contribution in [1.29, 1.82) is 0 Å². The Morgan fingerprint density at radius 2 is 2.08 bits per heavy atom. The van der Waals surface area contributed by atoms with Crippen molar-refractivity contribution in [3.8, 4) is 0 Å². The number of hydrogen-bond acceptors (Lipinski definition) is 6. The van der Waals surface area contributed by atoms with E-state index in [1.165, 1.54) is 10.9 Å². The van der Waals surface area contributed by atoms with Gasteiger partial charge in [0.15, 0.2) is 5.82 Å². The van der Waals surface area contributed by atoms with Gasteiger partial charge in [-0.25, -0.2) is 4.98 Å². The Hall–Kier alpha value is -3.35. The van der Waals surface area contributed by atoms with Gasteiger partial charge >= 0.3 is 0 Å². The lowest BCUT2D eigenvalue weighted by atomic mass is 10.1. The van der Waals surface area contributed by atoms with Gasteiger partial charge in [0.25, 0.3) is 0 Å². The zero-order chi connectivity index (χ0) is 17.1. The van der Waals surface area contributed by atoms with Crippen LogP contribution in [0.25, 0.3) is 10.9 Å². The van der Waals surface area contributed by atoms with Gasteiger partial charge < -0.3 is 20.1 Å². The van der Waals surface area contributed by atoms with E-state index in [4.69, 9.17) is 4.52 Å². The Bertz CT molecular complexity index is 990. The summed E-state index contributed by atoms with van der Waals surface area (Å²) in [5, 5.41) is 11.5. The van der Waals surface area contributed by atoms with Crippen LogP contribution in [0.3, 0.4) is 0 Å². The molecule has 3 heterocycles. The Kier molecular flexibility index (Phi) is 4.04. The highest BCUT2D eigenvalue weighted by molar-refractivity contribution is 5.83. The first-order valence-electron chi connectivity index (χ1n) is 8.10. The van der Waals surface area contributed by atoms with Crippen LogP contribution in [-0.4, -0.2) is 26.7 Å². The van der Waals surface area contributed by atoms with Gasteiger partial charge in [0.05, 0.1) is 0 Å². The zero-order valence-electron chi connectivity index (χ0n) is 13.8. The number of hydrogen-bond donors (Lipinski definition) is 3. The SMILES string of the molecule is Cc1cc(Nc2ccnc(NCCc3c[nH]c4ccccc34)n2)no1. The van der Waals surface area contributed by atoms with Crippen LogP contribution in [0.1, 0.15) is 11.3 Å². The number of fused-ring (bicyclic) bond motifs is 1. The molecular formula is C18H18N6O. The molecule has 7 nitrogen and oxygen atoms in total. The second-order valence-corrected chi connectivity index (χ2v) is 5.75. The third-order valence-corrected chi connectivity index (χ3v) is 3.89. The van der Waals surface area contributed by atoms with E-state index in [-0.39, 0.29) is 0 Å². The number of para-hydroxylation sites is 1. The molecule has 0 bridgehead atoms. The fraction of sp³-hybridized carbons (Fsp3) is 0.167. The van der Waals surface area contributed by atoms with Crippen LogP contribution in [0.4, 0.5) is 17.6 Å². The first-order valence-corrected chi connectivity index (χ1v) is 8.10. The van der Waals surface area contributed by atoms with E-state index in [1.54, 1.807) is 12.3 Å². The van der Waals surface area contributed by atoms with E-state index >= 15 is 0 Å². The van der Waals surface area contributed by atoms with Crippen LogP contribution in [0.15, 0.2) is 53.3 Å². The molecule has 0 aliphatic carbocycles. The molecule has 0 fully saturated rings. The van der Waals surface area contributed by atoms with Crippen molar-refractivity contribution in [3.05, 3.63) is 60.1 Å². The number of benzene rings is 1. The molecule has 0 saturated heterocycles. The summed E-state index contributed by atoms with van der Waals surface area (Å²) < 4.78 is 5.03. The predicted molar refractivity (Wildman–Crippen MR) is 97.0 cm³/mol. The van der Waals surface area contributed by atoms with Crippen molar-refractivity contribution in [2.75, 3.05) is 17.2 Å². The van der Waals surface area contributed by atoms with Gasteiger partial charge in [-0.1, -0.05) is 23.4 Å². The van der Waals surface area contributed by atoms with Crippen LogP contribution in [-0.2, 0) is 6.42 Å². The zero-order valence-corrected chi connectivity index (χ0v) is 13.8. The minimum atomic E-state index is 0.574. The lowest BCUT2D eigenvalue weighted by Gasteiger charge is -2.06. The molecule has 0 spiro atoms. The standard InChI is InChI=1S/C18H18N6O/c1-12-10-17(24-25-12)22-16-7-9-20-18(23-16)19-8-6-13-11-21-15-5-3-2-4-14(13)15/h2-5,7,9-11,21H,6,8H2,1H3,(H2,19,20,22,23,24). The number of aromatic amines is 1. The third-order valence-electron chi connectivity index (χ3n) is 3.89. The molecule has 4 rings (SSSR count). The van der Waals surface area contributed by atoms with Gasteiger partial charge in [0.1, 0.15) is 11.6 Å². The maximum atomic E-state index is 5.03. The van der Waals surface area contributed by atoms with Gasteiger partial charge in [0, 0.05) is 35.9 Å². The normalized spacial score (nSPS) is 10.9. The largest absolute Gasteiger partial charge is 0.361 e. The van der Waals surface area contributed by atoms with Gasteiger partial charge in [-0.15, -0.1) is 0 Å². The number of nitrogens with one attached hydrogen (secondary N) is 3. The van der Waals surface area contributed by atoms with Crippen molar-refractivity contribution < 1.29 is 4.52 Å². The molecule has 0 aliphatic rings. The van der Waals surface area contributed by atoms with Crippen LogP contribution >= 0.6 is 0 Å². The number of rotatable bonds is 6. The Morgan fingerprint density at radius 1 is 1.16 bits per heavy atom. The van der Waals surface area contributed by atoms with Crippen LogP contribution in [0.2, 0.25) is 0 Å². The average molecular weight is 334 g/mol. The smallest absolute Gasteiger partial charge is 0.224 e. The maximum absolute atomic E-state index is 5.03. The number of aromatic nitrogens is 4. The molecule has 3 aromatic heterocycles. The molecule has 4 aromatic rings. The molecule has 25 heavy (non-hydrogen) atoms.